The fourth-order valence-electron chi connectivity index (χ4n) is 1.74. The summed E-state index contributed by atoms with van der Waals surface area (Å²) in [4.78, 5) is 24.1. The number of hydrogen-bond acceptors (Lipinski definition) is 4. The lowest BCUT2D eigenvalue weighted by atomic mass is 10.1. The second kappa shape index (κ2) is 6.47. The Bertz CT molecular complexity index is 535. The average Bonchev–Trinajstić information content (AvgIpc) is 2.36. The number of para-hydroxylation sites is 1. The van der Waals surface area contributed by atoms with E-state index in [4.69, 9.17) is 10.5 Å². The van der Waals surface area contributed by atoms with Crippen LogP contribution in [0.3, 0.4) is 0 Å². The largest absolute Gasteiger partial charge is 0.495 e. The van der Waals surface area contributed by atoms with Gasteiger partial charge in [-0.3, -0.25) is 9.59 Å². The van der Waals surface area contributed by atoms with Crippen LogP contribution in [0.5, 0.6) is 5.75 Å². The maximum Gasteiger partial charge on any atom is 0.254 e. The molecule has 116 valence electrons. The third kappa shape index (κ3) is 4.66. The molecule has 1 aromatic carbocycles. The Hall–Kier alpha value is -2.24. The molecule has 0 aliphatic rings. The van der Waals surface area contributed by atoms with Crippen molar-refractivity contribution in [3.63, 3.8) is 0 Å². The van der Waals surface area contributed by atoms with Crippen molar-refractivity contribution in [2.45, 2.75) is 39.3 Å². The van der Waals surface area contributed by atoms with Crippen molar-refractivity contribution in [3.8, 4) is 5.75 Å². The predicted molar refractivity (Wildman–Crippen MR) is 82.2 cm³/mol. The minimum atomic E-state index is -0.665. The molecule has 21 heavy (non-hydrogen) atoms. The van der Waals surface area contributed by atoms with Crippen LogP contribution >= 0.6 is 0 Å². The van der Waals surface area contributed by atoms with Gasteiger partial charge in [-0.2, -0.15) is 0 Å². The maximum atomic E-state index is 12.2. The van der Waals surface area contributed by atoms with Crippen molar-refractivity contribution in [3.05, 3.63) is 23.8 Å². The molecule has 0 aliphatic heterocycles. The van der Waals surface area contributed by atoms with Crippen LogP contribution < -0.4 is 21.1 Å². The quantitative estimate of drug-likeness (QED) is 0.730. The summed E-state index contributed by atoms with van der Waals surface area (Å²) >= 11 is 0. The standard InChI is InChI=1S/C15H23N3O3/c1-9(13(19)18-15(2,3)4)17-14(20)10-7-6-8-11(21-5)12(10)16/h6-9H,16H2,1-5H3,(H,17,20)(H,18,19). The molecule has 0 aliphatic carbocycles. The first-order valence-electron chi connectivity index (χ1n) is 6.71. The summed E-state index contributed by atoms with van der Waals surface area (Å²) in [6.45, 7) is 7.24. The highest BCUT2D eigenvalue weighted by atomic mass is 16.5. The van der Waals surface area contributed by atoms with Gasteiger partial charge in [0.25, 0.3) is 5.91 Å². The third-order valence-corrected chi connectivity index (χ3v) is 2.77. The van der Waals surface area contributed by atoms with Crippen molar-refractivity contribution >= 4 is 17.5 Å². The smallest absolute Gasteiger partial charge is 0.254 e. The fraction of sp³-hybridized carbons (Fsp3) is 0.467. The Labute approximate surface area is 125 Å². The lowest BCUT2D eigenvalue weighted by Gasteiger charge is -2.23. The number of ether oxygens (including phenoxy) is 1. The molecule has 0 saturated carbocycles. The van der Waals surface area contributed by atoms with Crippen LogP contribution in [0.25, 0.3) is 0 Å². The molecule has 0 radical (unpaired) electrons. The number of nitrogen functional groups attached to an aromatic ring is 1. The van der Waals surface area contributed by atoms with E-state index >= 15 is 0 Å². The summed E-state index contributed by atoms with van der Waals surface area (Å²) in [5.41, 5.74) is 6.04. The van der Waals surface area contributed by atoms with Gasteiger partial charge < -0.3 is 21.1 Å². The molecule has 1 unspecified atom stereocenters. The van der Waals surface area contributed by atoms with E-state index in [1.807, 2.05) is 20.8 Å². The Kier molecular flexibility index (Phi) is 5.18. The fourth-order valence-corrected chi connectivity index (χ4v) is 1.74. The molecule has 6 heteroatoms. The predicted octanol–water partition coefficient (Wildman–Crippen LogP) is 1.31. The van der Waals surface area contributed by atoms with E-state index in [9.17, 15) is 9.59 Å². The molecule has 1 rings (SSSR count). The molecule has 1 atom stereocenters. The van der Waals surface area contributed by atoms with Gasteiger partial charge in [-0.25, -0.2) is 0 Å². The van der Waals surface area contributed by atoms with Crippen molar-refractivity contribution < 1.29 is 14.3 Å². The van der Waals surface area contributed by atoms with Crippen molar-refractivity contribution in [1.29, 1.82) is 0 Å². The van der Waals surface area contributed by atoms with Crippen LogP contribution in [0.1, 0.15) is 38.1 Å². The number of benzene rings is 1. The minimum absolute atomic E-state index is 0.251. The van der Waals surface area contributed by atoms with Gasteiger partial charge >= 0.3 is 0 Å². The van der Waals surface area contributed by atoms with Gasteiger partial charge in [-0.1, -0.05) is 6.07 Å². The number of nitrogens with two attached hydrogens (primary N) is 1. The molecular weight excluding hydrogens is 270 g/mol. The minimum Gasteiger partial charge on any atom is -0.495 e. The van der Waals surface area contributed by atoms with Crippen LogP contribution in [0.15, 0.2) is 18.2 Å². The van der Waals surface area contributed by atoms with Crippen molar-refractivity contribution in [1.82, 2.24) is 10.6 Å². The highest BCUT2D eigenvalue weighted by Crippen LogP contribution is 2.24. The summed E-state index contributed by atoms with van der Waals surface area (Å²) in [7, 11) is 1.48. The summed E-state index contributed by atoms with van der Waals surface area (Å²) in [6, 6.07) is 4.26. The van der Waals surface area contributed by atoms with Crippen LogP contribution in [0, 0.1) is 0 Å². The van der Waals surface area contributed by atoms with Crippen LogP contribution in [-0.2, 0) is 4.79 Å². The monoisotopic (exact) mass is 293 g/mol. The SMILES string of the molecule is COc1cccc(C(=O)NC(C)C(=O)NC(C)(C)C)c1N. The number of carbonyl (C=O) groups excluding carboxylic acids is 2. The van der Waals surface area contributed by atoms with Gasteiger partial charge in [0, 0.05) is 5.54 Å². The first-order valence-corrected chi connectivity index (χ1v) is 6.71. The zero-order valence-corrected chi connectivity index (χ0v) is 13.1. The summed E-state index contributed by atoms with van der Waals surface area (Å²) in [5, 5.41) is 5.43. The normalized spacial score (nSPS) is 12.4. The number of nitrogens with one attached hydrogen (secondary N) is 2. The molecule has 2 amide bonds. The van der Waals surface area contributed by atoms with E-state index in [-0.39, 0.29) is 22.7 Å². The Morgan fingerprint density at radius 1 is 1.29 bits per heavy atom. The van der Waals surface area contributed by atoms with E-state index in [0.29, 0.717) is 5.75 Å². The molecule has 0 spiro atoms. The summed E-state index contributed by atoms with van der Waals surface area (Å²) in [6.07, 6.45) is 0. The molecule has 1 aromatic rings. The van der Waals surface area contributed by atoms with Gasteiger partial charge in [-0.05, 0) is 39.8 Å². The summed E-state index contributed by atoms with van der Waals surface area (Å²) in [5.74, 6) is -0.241. The topological polar surface area (TPSA) is 93.4 Å². The van der Waals surface area contributed by atoms with E-state index in [1.54, 1.807) is 25.1 Å². The van der Waals surface area contributed by atoms with E-state index in [1.165, 1.54) is 7.11 Å². The first kappa shape index (κ1) is 16.8. The number of anilines is 1. The number of hydrogen-bond donors (Lipinski definition) is 3. The van der Waals surface area contributed by atoms with E-state index in [2.05, 4.69) is 10.6 Å². The summed E-state index contributed by atoms with van der Waals surface area (Å²) < 4.78 is 5.07. The molecule has 4 N–H and O–H groups in total. The first-order chi connectivity index (χ1) is 9.65. The zero-order valence-electron chi connectivity index (χ0n) is 13.1. The van der Waals surface area contributed by atoms with Crippen molar-refractivity contribution in [2.75, 3.05) is 12.8 Å². The molecule has 0 saturated heterocycles. The van der Waals surface area contributed by atoms with Gasteiger partial charge in [0.15, 0.2) is 0 Å². The molecule has 0 aromatic heterocycles. The molecule has 0 heterocycles. The Morgan fingerprint density at radius 3 is 2.43 bits per heavy atom. The lowest BCUT2D eigenvalue weighted by molar-refractivity contribution is -0.124. The number of rotatable bonds is 4. The van der Waals surface area contributed by atoms with Gasteiger partial charge in [0.1, 0.15) is 11.8 Å². The lowest BCUT2D eigenvalue weighted by Crippen LogP contribution is -2.50. The van der Waals surface area contributed by atoms with Crippen LogP contribution in [0.2, 0.25) is 0 Å². The van der Waals surface area contributed by atoms with E-state index < -0.39 is 11.9 Å². The van der Waals surface area contributed by atoms with Crippen LogP contribution in [-0.4, -0.2) is 30.5 Å². The zero-order chi connectivity index (χ0) is 16.2. The van der Waals surface area contributed by atoms with Gasteiger partial charge in [-0.15, -0.1) is 0 Å². The highest BCUT2D eigenvalue weighted by Gasteiger charge is 2.22. The molecular formula is C15H23N3O3. The Morgan fingerprint density at radius 2 is 1.90 bits per heavy atom. The maximum absolute atomic E-state index is 12.2. The Balaban J connectivity index is 2.80. The molecule has 0 bridgehead atoms. The highest BCUT2D eigenvalue weighted by molar-refractivity contribution is 6.02. The van der Waals surface area contributed by atoms with E-state index in [0.717, 1.165) is 0 Å². The van der Waals surface area contributed by atoms with Crippen molar-refractivity contribution in [2.24, 2.45) is 0 Å². The van der Waals surface area contributed by atoms with Crippen LogP contribution in [0.4, 0.5) is 5.69 Å². The third-order valence-electron chi connectivity index (χ3n) is 2.77. The number of amides is 2. The average molecular weight is 293 g/mol. The molecule has 0 fully saturated rings. The van der Waals surface area contributed by atoms with Gasteiger partial charge in [0.05, 0.1) is 18.4 Å². The second-order valence-corrected chi connectivity index (χ2v) is 5.86. The number of carbonyl (C=O) groups is 2. The molecule has 6 nitrogen and oxygen atoms in total. The van der Waals surface area contributed by atoms with Gasteiger partial charge in [0.2, 0.25) is 5.91 Å². The number of methoxy groups -OCH3 is 1. The second-order valence-electron chi connectivity index (χ2n) is 5.86.